The van der Waals surface area contributed by atoms with E-state index in [4.69, 9.17) is 4.74 Å². The fourth-order valence-corrected chi connectivity index (χ4v) is 2.83. The summed E-state index contributed by atoms with van der Waals surface area (Å²) in [6, 6.07) is 10.1. The second-order valence-electron chi connectivity index (χ2n) is 4.91. The van der Waals surface area contributed by atoms with Crippen molar-refractivity contribution in [2.45, 2.75) is 18.8 Å². The summed E-state index contributed by atoms with van der Waals surface area (Å²) in [4.78, 5) is 20.2. The maximum absolute atomic E-state index is 12.1. The molecule has 0 bridgehead atoms. The van der Waals surface area contributed by atoms with Gasteiger partial charge < -0.3 is 4.74 Å². The van der Waals surface area contributed by atoms with E-state index >= 15 is 0 Å². The van der Waals surface area contributed by atoms with E-state index in [1.54, 1.807) is 12.4 Å². The lowest BCUT2D eigenvalue weighted by Gasteiger charge is -2.00. The molecular weight excluding hydrogens is 252 g/mol. The first-order chi connectivity index (χ1) is 9.83. The Hall–Kier alpha value is -2.23. The largest absolute Gasteiger partial charge is 0.466 e. The summed E-state index contributed by atoms with van der Waals surface area (Å²) in [5.41, 5.74) is 2.17. The van der Waals surface area contributed by atoms with Crippen LogP contribution in [0, 0.1) is 5.92 Å². The monoisotopic (exact) mass is 268 g/mol. The van der Waals surface area contributed by atoms with E-state index in [0.717, 1.165) is 5.56 Å². The molecular formula is C16H16N2O2. The van der Waals surface area contributed by atoms with Crippen molar-refractivity contribution < 1.29 is 9.53 Å². The first-order valence-corrected chi connectivity index (χ1v) is 6.79. The number of ether oxygens (including phenoxy) is 1. The first kappa shape index (κ1) is 12.8. The van der Waals surface area contributed by atoms with Gasteiger partial charge in [-0.05, 0) is 18.1 Å². The molecule has 20 heavy (non-hydrogen) atoms. The van der Waals surface area contributed by atoms with Crippen molar-refractivity contribution in [1.29, 1.82) is 0 Å². The van der Waals surface area contributed by atoms with E-state index in [-0.39, 0.29) is 23.7 Å². The SMILES string of the molecule is CCOC(=O)C1C(c2ccccc2)C1c1cncnc1. The Morgan fingerprint density at radius 1 is 1.10 bits per heavy atom. The minimum Gasteiger partial charge on any atom is -0.466 e. The summed E-state index contributed by atoms with van der Waals surface area (Å²) >= 11 is 0. The van der Waals surface area contributed by atoms with Crippen LogP contribution < -0.4 is 0 Å². The van der Waals surface area contributed by atoms with Gasteiger partial charge in [-0.15, -0.1) is 0 Å². The molecule has 4 nitrogen and oxygen atoms in total. The molecule has 1 aliphatic rings. The third-order valence-corrected chi connectivity index (χ3v) is 3.73. The van der Waals surface area contributed by atoms with Crippen LogP contribution in [0.15, 0.2) is 49.1 Å². The number of hydrogen-bond donors (Lipinski definition) is 0. The van der Waals surface area contributed by atoms with E-state index < -0.39 is 0 Å². The van der Waals surface area contributed by atoms with E-state index in [9.17, 15) is 4.79 Å². The molecule has 0 aliphatic heterocycles. The van der Waals surface area contributed by atoms with Crippen LogP contribution in [0.5, 0.6) is 0 Å². The van der Waals surface area contributed by atoms with Gasteiger partial charge in [0.25, 0.3) is 0 Å². The Balaban J connectivity index is 1.89. The van der Waals surface area contributed by atoms with Crippen LogP contribution in [0.1, 0.15) is 29.9 Å². The zero-order valence-electron chi connectivity index (χ0n) is 11.3. The van der Waals surface area contributed by atoms with Crippen molar-refractivity contribution in [1.82, 2.24) is 9.97 Å². The summed E-state index contributed by atoms with van der Waals surface area (Å²) < 4.78 is 5.19. The smallest absolute Gasteiger partial charge is 0.310 e. The van der Waals surface area contributed by atoms with Gasteiger partial charge in [-0.3, -0.25) is 4.79 Å². The molecule has 4 heteroatoms. The predicted molar refractivity (Wildman–Crippen MR) is 74.1 cm³/mol. The second kappa shape index (κ2) is 5.41. The second-order valence-corrected chi connectivity index (χ2v) is 4.91. The van der Waals surface area contributed by atoms with Gasteiger partial charge in [-0.1, -0.05) is 30.3 Å². The van der Waals surface area contributed by atoms with Crippen LogP contribution in [-0.2, 0) is 9.53 Å². The zero-order chi connectivity index (χ0) is 13.9. The highest BCUT2D eigenvalue weighted by Crippen LogP contribution is 2.60. The van der Waals surface area contributed by atoms with Gasteiger partial charge in [0.05, 0.1) is 12.5 Å². The molecule has 3 rings (SSSR count). The molecule has 1 heterocycles. The summed E-state index contributed by atoms with van der Waals surface area (Å²) in [6.45, 7) is 2.24. The van der Waals surface area contributed by atoms with Crippen LogP contribution in [0.3, 0.4) is 0 Å². The van der Waals surface area contributed by atoms with Crippen molar-refractivity contribution >= 4 is 5.97 Å². The van der Waals surface area contributed by atoms with Crippen molar-refractivity contribution in [3.63, 3.8) is 0 Å². The molecule has 3 atom stereocenters. The number of aromatic nitrogens is 2. The third kappa shape index (κ3) is 2.29. The van der Waals surface area contributed by atoms with E-state index in [2.05, 4.69) is 22.1 Å². The molecule has 3 unspecified atom stereocenters. The average molecular weight is 268 g/mol. The van der Waals surface area contributed by atoms with Gasteiger partial charge in [0.1, 0.15) is 6.33 Å². The van der Waals surface area contributed by atoms with E-state index in [0.29, 0.717) is 6.61 Å². The number of hydrogen-bond acceptors (Lipinski definition) is 4. The Morgan fingerprint density at radius 3 is 2.40 bits per heavy atom. The van der Waals surface area contributed by atoms with E-state index in [1.807, 2.05) is 25.1 Å². The highest BCUT2D eigenvalue weighted by molar-refractivity contribution is 5.80. The number of carbonyl (C=O) groups excluding carboxylic acids is 1. The molecule has 1 saturated carbocycles. The topological polar surface area (TPSA) is 52.1 Å². The van der Waals surface area contributed by atoms with Crippen LogP contribution in [0.2, 0.25) is 0 Å². The number of rotatable bonds is 4. The Labute approximate surface area is 117 Å². The molecule has 1 aromatic carbocycles. The standard InChI is InChI=1S/C16H16N2O2/c1-2-20-16(19)15-13(11-6-4-3-5-7-11)14(15)12-8-17-10-18-9-12/h3-10,13-15H,2H2,1H3. The first-order valence-electron chi connectivity index (χ1n) is 6.79. The number of nitrogens with zero attached hydrogens (tertiary/aromatic N) is 2. The molecule has 2 aromatic rings. The highest BCUT2D eigenvalue weighted by atomic mass is 16.5. The minimum absolute atomic E-state index is 0.122. The van der Waals surface area contributed by atoms with Crippen molar-refractivity contribution in [3.8, 4) is 0 Å². The van der Waals surface area contributed by atoms with Crippen LogP contribution in [0.4, 0.5) is 0 Å². The molecule has 0 amide bonds. The predicted octanol–water partition coefficient (Wildman–Crippen LogP) is 2.54. The van der Waals surface area contributed by atoms with Crippen molar-refractivity contribution in [2.24, 2.45) is 5.92 Å². The molecule has 102 valence electrons. The molecule has 1 aliphatic carbocycles. The number of esters is 1. The molecule has 0 saturated heterocycles. The minimum atomic E-state index is -0.129. The summed E-state index contributed by atoms with van der Waals surface area (Å²) in [7, 11) is 0. The summed E-state index contributed by atoms with van der Waals surface area (Å²) in [5, 5.41) is 0. The quantitative estimate of drug-likeness (QED) is 0.800. The van der Waals surface area contributed by atoms with Crippen molar-refractivity contribution in [3.05, 3.63) is 60.2 Å². The van der Waals surface area contributed by atoms with Crippen LogP contribution >= 0.6 is 0 Å². The molecule has 1 fully saturated rings. The lowest BCUT2D eigenvalue weighted by Crippen LogP contribution is -2.08. The van der Waals surface area contributed by atoms with Gasteiger partial charge in [-0.25, -0.2) is 9.97 Å². The number of benzene rings is 1. The van der Waals surface area contributed by atoms with Gasteiger partial charge in [-0.2, -0.15) is 0 Å². The molecule has 0 spiro atoms. The maximum Gasteiger partial charge on any atom is 0.310 e. The van der Waals surface area contributed by atoms with Crippen LogP contribution in [0.25, 0.3) is 0 Å². The fourth-order valence-electron chi connectivity index (χ4n) is 2.83. The Morgan fingerprint density at radius 2 is 1.75 bits per heavy atom. The lowest BCUT2D eigenvalue weighted by atomic mass is 10.1. The molecule has 0 N–H and O–H groups in total. The normalized spacial score (nSPS) is 24.1. The molecule has 0 radical (unpaired) electrons. The summed E-state index contributed by atoms with van der Waals surface area (Å²) in [6.07, 6.45) is 5.07. The zero-order valence-corrected chi connectivity index (χ0v) is 11.3. The van der Waals surface area contributed by atoms with E-state index in [1.165, 1.54) is 11.9 Å². The summed E-state index contributed by atoms with van der Waals surface area (Å²) in [5.74, 6) is 0.0393. The highest BCUT2D eigenvalue weighted by Gasteiger charge is 2.57. The third-order valence-electron chi connectivity index (χ3n) is 3.73. The Bertz CT molecular complexity index is 540. The Kier molecular flexibility index (Phi) is 3.46. The fraction of sp³-hybridized carbons (Fsp3) is 0.312. The van der Waals surface area contributed by atoms with Crippen molar-refractivity contribution in [2.75, 3.05) is 6.61 Å². The lowest BCUT2D eigenvalue weighted by molar-refractivity contribution is -0.144. The number of carbonyl (C=O) groups is 1. The van der Waals surface area contributed by atoms with Crippen LogP contribution in [-0.4, -0.2) is 22.5 Å². The molecule has 1 aromatic heterocycles. The van der Waals surface area contributed by atoms with Gasteiger partial charge in [0.2, 0.25) is 0 Å². The van der Waals surface area contributed by atoms with Gasteiger partial charge in [0.15, 0.2) is 0 Å². The maximum atomic E-state index is 12.1. The average Bonchev–Trinajstić information content (AvgIpc) is 3.25. The van der Waals surface area contributed by atoms with Gasteiger partial charge in [0, 0.05) is 24.2 Å². The van der Waals surface area contributed by atoms with Gasteiger partial charge >= 0.3 is 5.97 Å².